The second kappa shape index (κ2) is 4.41. The van der Waals surface area contributed by atoms with Crippen LogP contribution in [0, 0.1) is 5.82 Å². The van der Waals surface area contributed by atoms with E-state index < -0.39 is 0 Å². The molecule has 4 heteroatoms. The normalized spacial score (nSPS) is 10.5. The van der Waals surface area contributed by atoms with Crippen molar-refractivity contribution in [3.8, 4) is 16.9 Å². The SMILES string of the molecule is Fc1ccccc1-n1nccc1-c1ccncc1. The van der Waals surface area contributed by atoms with Crippen molar-refractivity contribution in [2.45, 2.75) is 0 Å². The molecule has 0 fully saturated rings. The average Bonchev–Trinajstić information content (AvgIpc) is 2.89. The molecule has 0 unspecified atom stereocenters. The van der Waals surface area contributed by atoms with Gasteiger partial charge in [-0.25, -0.2) is 9.07 Å². The third-order valence-electron chi connectivity index (χ3n) is 2.70. The van der Waals surface area contributed by atoms with Gasteiger partial charge >= 0.3 is 0 Å². The molecule has 0 bridgehead atoms. The zero-order chi connectivity index (χ0) is 12.4. The Balaban J connectivity index is 2.16. The zero-order valence-corrected chi connectivity index (χ0v) is 9.49. The van der Waals surface area contributed by atoms with E-state index >= 15 is 0 Å². The summed E-state index contributed by atoms with van der Waals surface area (Å²) in [6, 6.07) is 12.2. The van der Waals surface area contributed by atoms with Crippen LogP contribution in [0.3, 0.4) is 0 Å². The Bertz CT molecular complexity index is 662. The van der Waals surface area contributed by atoms with E-state index in [-0.39, 0.29) is 5.82 Å². The molecule has 0 spiro atoms. The lowest BCUT2D eigenvalue weighted by Gasteiger charge is -2.08. The molecule has 0 atom stereocenters. The zero-order valence-electron chi connectivity index (χ0n) is 9.49. The molecule has 0 saturated carbocycles. The van der Waals surface area contributed by atoms with Crippen molar-refractivity contribution < 1.29 is 4.39 Å². The molecule has 0 aliphatic heterocycles. The van der Waals surface area contributed by atoms with Crippen LogP contribution < -0.4 is 0 Å². The predicted molar refractivity (Wildman–Crippen MR) is 66.8 cm³/mol. The third kappa shape index (κ3) is 1.78. The molecular weight excluding hydrogens is 229 g/mol. The highest BCUT2D eigenvalue weighted by Crippen LogP contribution is 2.22. The fourth-order valence-corrected chi connectivity index (χ4v) is 1.86. The Hall–Kier alpha value is -2.49. The third-order valence-corrected chi connectivity index (χ3v) is 2.70. The standard InChI is InChI=1S/C14H10FN3/c15-12-3-1-2-4-14(12)18-13(7-10-17-18)11-5-8-16-9-6-11/h1-10H. The Morgan fingerprint density at radius 3 is 2.44 bits per heavy atom. The van der Waals surface area contributed by atoms with E-state index in [0.29, 0.717) is 5.69 Å². The monoisotopic (exact) mass is 239 g/mol. The molecule has 0 saturated heterocycles. The van der Waals surface area contributed by atoms with Crippen molar-refractivity contribution in [2.75, 3.05) is 0 Å². The Kier molecular flexibility index (Phi) is 2.61. The summed E-state index contributed by atoms with van der Waals surface area (Å²) in [6.45, 7) is 0. The predicted octanol–water partition coefficient (Wildman–Crippen LogP) is 3.07. The summed E-state index contributed by atoms with van der Waals surface area (Å²) in [7, 11) is 0. The Labute approximate surface area is 104 Å². The summed E-state index contributed by atoms with van der Waals surface area (Å²) >= 11 is 0. The second-order valence-corrected chi connectivity index (χ2v) is 3.82. The molecule has 3 nitrogen and oxygen atoms in total. The highest BCUT2D eigenvalue weighted by molar-refractivity contribution is 5.61. The van der Waals surface area contributed by atoms with Crippen molar-refractivity contribution in [3.05, 3.63) is 66.9 Å². The molecule has 0 radical (unpaired) electrons. The number of hydrogen-bond donors (Lipinski definition) is 0. The molecule has 0 aliphatic carbocycles. The lowest BCUT2D eigenvalue weighted by Crippen LogP contribution is -2.01. The molecule has 0 N–H and O–H groups in total. The van der Waals surface area contributed by atoms with Crippen LogP contribution in [0.5, 0.6) is 0 Å². The van der Waals surface area contributed by atoms with E-state index in [0.717, 1.165) is 11.3 Å². The maximum atomic E-state index is 13.8. The smallest absolute Gasteiger partial charge is 0.148 e. The van der Waals surface area contributed by atoms with E-state index in [9.17, 15) is 4.39 Å². The molecule has 0 aliphatic rings. The maximum absolute atomic E-state index is 13.8. The molecule has 3 aromatic rings. The number of pyridine rings is 1. The Morgan fingerprint density at radius 1 is 0.889 bits per heavy atom. The largest absolute Gasteiger partial charge is 0.265 e. The molecule has 3 rings (SSSR count). The van der Waals surface area contributed by atoms with Crippen LogP contribution in [0.25, 0.3) is 16.9 Å². The fraction of sp³-hybridized carbons (Fsp3) is 0. The molecule has 88 valence electrons. The van der Waals surface area contributed by atoms with Crippen molar-refractivity contribution in [1.29, 1.82) is 0 Å². The number of rotatable bonds is 2. The molecule has 18 heavy (non-hydrogen) atoms. The summed E-state index contributed by atoms with van der Waals surface area (Å²) in [5.41, 5.74) is 2.22. The first-order valence-electron chi connectivity index (χ1n) is 5.55. The van der Waals surface area contributed by atoms with E-state index in [1.165, 1.54) is 6.07 Å². The maximum Gasteiger partial charge on any atom is 0.148 e. The summed E-state index contributed by atoms with van der Waals surface area (Å²) in [5, 5.41) is 4.18. The highest BCUT2D eigenvalue weighted by Gasteiger charge is 2.10. The van der Waals surface area contributed by atoms with E-state index in [2.05, 4.69) is 10.1 Å². The van der Waals surface area contributed by atoms with E-state index in [4.69, 9.17) is 0 Å². The molecule has 2 aromatic heterocycles. The highest BCUT2D eigenvalue weighted by atomic mass is 19.1. The minimum Gasteiger partial charge on any atom is -0.265 e. The summed E-state index contributed by atoms with van der Waals surface area (Å²) in [5.74, 6) is -0.295. The van der Waals surface area contributed by atoms with Crippen LogP contribution in [0.2, 0.25) is 0 Å². The number of benzene rings is 1. The van der Waals surface area contributed by atoms with Crippen molar-refractivity contribution in [3.63, 3.8) is 0 Å². The molecule has 0 amide bonds. The first-order valence-corrected chi connectivity index (χ1v) is 5.55. The van der Waals surface area contributed by atoms with Gasteiger partial charge in [0.1, 0.15) is 11.5 Å². The fourth-order valence-electron chi connectivity index (χ4n) is 1.86. The van der Waals surface area contributed by atoms with E-state index in [1.807, 2.05) is 18.2 Å². The van der Waals surface area contributed by atoms with Gasteiger partial charge in [-0.05, 0) is 30.3 Å². The first kappa shape index (κ1) is 10.7. The van der Waals surface area contributed by atoms with Crippen LogP contribution in [0.15, 0.2) is 61.1 Å². The lowest BCUT2D eigenvalue weighted by molar-refractivity contribution is 0.611. The van der Waals surface area contributed by atoms with Gasteiger partial charge in [0.05, 0.1) is 11.9 Å². The quantitative estimate of drug-likeness (QED) is 0.688. The average molecular weight is 239 g/mol. The minimum absolute atomic E-state index is 0.295. The number of aromatic nitrogens is 3. The first-order chi connectivity index (χ1) is 8.86. The number of para-hydroxylation sites is 1. The van der Waals surface area contributed by atoms with Gasteiger partial charge in [-0.15, -0.1) is 0 Å². The van der Waals surface area contributed by atoms with E-state index in [1.54, 1.807) is 41.5 Å². The van der Waals surface area contributed by atoms with Crippen molar-refractivity contribution in [2.24, 2.45) is 0 Å². The van der Waals surface area contributed by atoms with Gasteiger partial charge in [0.25, 0.3) is 0 Å². The van der Waals surface area contributed by atoms with Crippen LogP contribution in [0.1, 0.15) is 0 Å². The Morgan fingerprint density at radius 2 is 1.67 bits per heavy atom. The molecule has 2 heterocycles. The van der Waals surface area contributed by atoms with Crippen LogP contribution in [-0.2, 0) is 0 Å². The number of hydrogen-bond acceptors (Lipinski definition) is 2. The van der Waals surface area contributed by atoms with Gasteiger partial charge in [-0.3, -0.25) is 4.98 Å². The van der Waals surface area contributed by atoms with Crippen molar-refractivity contribution in [1.82, 2.24) is 14.8 Å². The number of halogens is 1. The van der Waals surface area contributed by atoms with Crippen LogP contribution in [-0.4, -0.2) is 14.8 Å². The van der Waals surface area contributed by atoms with Gasteiger partial charge in [-0.2, -0.15) is 5.10 Å². The molecule has 1 aromatic carbocycles. The van der Waals surface area contributed by atoms with Gasteiger partial charge in [0, 0.05) is 18.0 Å². The second-order valence-electron chi connectivity index (χ2n) is 3.82. The van der Waals surface area contributed by atoms with Gasteiger partial charge in [-0.1, -0.05) is 12.1 Å². The van der Waals surface area contributed by atoms with Gasteiger partial charge in [0.2, 0.25) is 0 Å². The van der Waals surface area contributed by atoms with Gasteiger partial charge < -0.3 is 0 Å². The summed E-state index contributed by atoms with van der Waals surface area (Å²) in [6.07, 6.45) is 5.06. The summed E-state index contributed by atoms with van der Waals surface area (Å²) in [4.78, 5) is 3.97. The number of nitrogens with zero attached hydrogens (tertiary/aromatic N) is 3. The van der Waals surface area contributed by atoms with Crippen LogP contribution in [0.4, 0.5) is 4.39 Å². The van der Waals surface area contributed by atoms with Crippen molar-refractivity contribution >= 4 is 0 Å². The van der Waals surface area contributed by atoms with Crippen LogP contribution >= 0.6 is 0 Å². The summed E-state index contributed by atoms with van der Waals surface area (Å²) < 4.78 is 15.4. The topological polar surface area (TPSA) is 30.7 Å². The minimum atomic E-state index is -0.295. The molecular formula is C14H10FN3. The lowest BCUT2D eigenvalue weighted by atomic mass is 10.2. The van der Waals surface area contributed by atoms with Gasteiger partial charge in [0.15, 0.2) is 0 Å².